The van der Waals surface area contributed by atoms with Gasteiger partial charge in [-0.2, -0.15) is 5.53 Å². The van der Waals surface area contributed by atoms with E-state index in [-0.39, 0.29) is 0 Å². The summed E-state index contributed by atoms with van der Waals surface area (Å²) in [5, 5.41) is 5.72. The smallest absolute Gasteiger partial charge is 0.0188 e. The molecule has 2 heterocycles. The van der Waals surface area contributed by atoms with Crippen LogP contribution in [0.25, 0.3) is 0 Å². The van der Waals surface area contributed by atoms with Crippen LogP contribution in [0.5, 0.6) is 0 Å². The van der Waals surface area contributed by atoms with E-state index in [2.05, 4.69) is 28.2 Å². The predicted octanol–water partition coefficient (Wildman–Crippen LogP) is -0.833. The molecule has 12 heavy (non-hydrogen) atoms. The Morgan fingerprint density at radius 1 is 1.33 bits per heavy atom. The van der Waals surface area contributed by atoms with Gasteiger partial charge in [0, 0.05) is 19.6 Å². The van der Waals surface area contributed by atoms with E-state index in [0.717, 1.165) is 18.4 Å². The van der Waals surface area contributed by atoms with Gasteiger partial charge in [-0.25, -0.2) is 10.4 Å². The monoisotopic (exact) mass is 170 g/mol. The van der Waals surface area contributed by atoms with Crippen molar-refractivity contribution in [2.75, 3.05) is 32.7 Å². The normalized spacial score (nSPS) is 35.8. The van der Waals surface area contributed by atoms with Crippen LogP contribution in [0.4, 0.5) is 0 Å². The lowest BCUT2D eigenvalue weighted by Gasteiger charge is -2.18. The first kappa shape index (κ1) is 8.44. The maximum Gasteiger partial charge on any atom is 0.0188 e. The van der Waals surface area contributed by atoms with Gasteiger partial charge in [-0.05, 0) is 24.9 Å². The largest absolute Gasteiger partial charge is 0.316 e. The van der Waals surface area contributed by atoms with Crippen LogP contribution in [0.1, 0.15) is 6.92 Å². The molecule has 0 bridgehead atoms. The average Bonchev–Trinajstić information content (AvgIpc) is 2.58. The summed E-state index contributed by atoms with van der Waals surface area (Å²) in [4.78, 5) is 0. The zero-order valence-electron chi connectivity index (χ0n) is 7.64. The van der Waals surface area contributed by atoms with Gasteiger partial charge in [0.25, 0.3) is 0 Å². The van der Waals surface area contributed by atoms with Crippen LogP contribution >= 0.6 is 0 Å². The lowest BCUT2D eigenvalue weighted by atomic mass is 10.0. The summed E-state index contributed by atoms with van der Waals surface area (Å²) in [5.74, 6) is 1.74. The summed E-state index contributed by atoms with van der Waals surface area (Å²) in [7, 11) is 0. The van der Waals surface area contributed by atoms with E-state index in [1.165, 1.54) is 26.2 Å². The van der Waals surface area contributed by atoms with Crippen LogP contribution in [0, 0.1) is 11.8 Å². The number of hydrazine groups is 2. The van der Waals surface area contributed by atoms with Gasteiger partial charge in [0.15, 0.2) is 0 Å². The Bertz CT molecular complexity index is 138. The number of hydrogen-bond donors (Lipinski definition) is 3. The van der Waals surface area contributed by atoms with Crippen molar-refractivity contribution >= 4 is 0 Å². The van der Waals surface area contributed by atoms with Crippen molar-refractivity contribution in [1.29, 1.82) is 0 Å². The highest BCUT2D eigenvalue weighted by Crippen LogP contribution is 2.24. The van der Waals surface area contributed by atoms with E-state index in [9.17, 15) is 0 Å². The van der Waals surface area contributed by atoms with E-state index < -0.39 is 0 Å². The van der Waals surface area contributed by atoms with Gasteiger partial charge in [0.2, 0.25) is 0 Å². The summed E-state index contributed by atoms with van der Waals surface area (Å²) in [6.45, 7) is 7.86. The molecule has 0 saturated carbocycles. The van der Waals surface area contributed by atoms with Crippen LogP contribution in [0.2, 0.25) is 0 Å². The minimum atomic E-state index is 0.871. The lowest BCUT2D eigenvalue weighted by Crippen LogP contribution is -2.46. The molecule has 4 heteroatoms. The maximum atomic E-state index is 3.43. The molecule has 2 rings (SSSR count). The summed E-state index contributed by atoms with van der Waals surface area (Å²) >= 11 is 0. The van der Waals surface area contributed by atoms with Crippen LogP contribution in [-0.2, 0) is 0 Å². The molecule has 2 aliphatic heterocycles. The van der Waals surface area contributed by atoms with Gasteiger partial charge in [-0.1, -0.05) is 6.92 Å². The summed E-state index contributed by atoms with van der Waals surface area (Å²) in [6.07, 6.45) is 0. The second-order valence-electron chi connectivity index (χ2n) is 3.73. The van der Waals surface area contributed by atoms with Crippen molar-refractivity contribution < 1.29 is 0 Å². The maximum absolute atomic E-state index is 3.43. The van der Waals surface area contributed by atoms with Gasteiger partial charge in [0.05, 0.1) is 0 Å². The predicted molar refractivity (Wildman–Crippen MR) is 48.2 cm³/mol. The molecule has 0 aliphatic carbocycles. The molecular formula is C8H18N4. The molecule has 0 amide bonds. The first-order valence-corrected chi connectivity index (χ1v) is 4.84. The van der Waals surface area contributed by atoms with Crippen LogP contribution in [0.3, 0.4) is 0 Å². The van der Waals surface area contributed by atoms with Crippen molar-refractivity contribution in [3.05, 3.63) is 0 Å². The molecule has 2 unspecified atom stereocenters. The highest BCUT2D eigenvalue weighted by molar-refractivity contribution is 4.89. The summed E-state index contributed by atoms with van der Waals surface area (Å²) < 4.78 is 0. The Morgan fingerprint density at radius 3 is 2.58 bits per heavy atom. The molecule has 0 aromatic heterocycles. The third kappa shape index (κ3) is 1.61. The molecule has 70 valence electrons. The number of nitrogens with one attached hydrogen (secondary N) is 3. The van der Waals surface area contributed by atoms with Crippen molar-refractivity contribution in [2.24, 2.45) is 11.8 Å². The van der Waals surface area contributed by atoms with Crippen molar-refractivity contribution in [3.63, 3.8) is 0 Å². The summed E-state index contributed by atoms with van der Waals surface area (Å²) in [5.41, 5.74) is 6.35. The molecule has 2 fully saturated rings. The van der Waals surface area contributed by atoms with E-state index in [1.807, 2.05) is 0 Å². The molecular weight excluding hydrogens is 152 g/mol. The van der Waals surface area contributed by atoms with Gasteiger partial charge in [-0.3, -0.25) is 0 Å². The number of rotatable bonds is 3. The molecule has 0 spiro atoms. The number of hydrogen-bond acceptors (Lipinski definition) is 4. The van der Waals surface area contributed by atoms with Gasteiger partial charge in [-0.15, -0.1) is 0 Å². The van der Waals surface area contributed by atoms with E-state index in [1.54, 1.807) is 0 Å². The van der Waals surface area contributed by atoms with Crippen molar-refractivity contribution in [2.45, 2.75) is 6.92 Å². The van der Waals surface area contributed by atoms with Crippen molar-refractivity contribution in [1.82, 2.24) is 21.3 Å². The first-order chi connectivity index (χ1) is 5.90. The molecule has 0 radical (unpaired) electrons. The highest BCUT2D eigenvalue weighted by atomic mass is 15.7. The highest BCUT2D eigenvalue weighted by Gasteiger charge is 2.35. The lowest BCUT2D eigenvalue weighted by molar-refractivity contribution is 0.180. The Kier molecular flexibility index (Phi) is 2.60. The Morgan fingerprint density at radius 2 is 2.00 bits per heavy atom. The van der Waals surface area contributed by atoms with Crippen LogP contribution in [0.15, 0.2) is 0 Å². The molecule has 2 aliphatic rings. The third-order valence-electron chi connectivity index (χ3n) is 2.80. The topological polar surface area (TPSA) is 39.3 Å². The number of fused-ring (bicyclic) bond motifs is 1. The molecule has 2 atom stereocenters. The molecule has 3 N–H and O–H groups in total. The quantitative estimate of drug-likeness (QED) is 0.483. The van der Waals surface area contributed by atoms with Crippen molar-refractivity contribution in [3.8, 4) is 0 Å². The van der Waals surface area contributed by atoms with E-state index in [0.29, 0.717) is 0 Å². The van der Waals surface area contributed by atoms with Gasteiger partial charge < -0.3 is 5.32 Å². The van der Waals surface area contributed by atoms with Crippen LogP contribution < -0.4 is 16.3 Å². The minimum Gasteiger partial charge on any atom is -0.316 e. The molecule has 2 saturated heterocycles. The Hall–Kier alpha value is -0.160. The number of nitrogens with zero attached hydrogens (tertiary/aromatic N) is 1. The zero-order valence-corrected chi connectivity index (χ0v) is 7.64. The van der Waals surface area contributed by atoms with Gasteiger partial charge >= 0.3 is 0 Å². The minimum absolute atomic E-state index is 0.871. The second kappa shape index (κ2) is 3.70. The molecule has 4 nitrogen and oxygen atoms in total. The standard InChI is InChI=1S/C8H18N4/c1-2-10-11-12-5-7-3-9-4-8(7)6-12/h7-11H,2-6H2,1H3. The Labute approximate surface area is 73.6 Å². The fourth-order valence-corrected chi connectivity index (χ4v) is 2.14. The van der Waals surface area contributed by atoms with Gasteiger partial charge in [0.1, 0.15) is 0 Å². The molecule has 0 aromatic carbocycles. The average molecular weight is 170 g/mol. The molecule has 0 aromatic rings. The van der Waals surface area contributed by atoms with E-state index in [4.69, 9.17) is 0 Å². The summed E-state index contributed by atoms with van der Waals surface area (Å²) in [6, 6.07) is 0. The Balaban J connectivity index is 1.75. The first-order valence-electron chi connectivity index (χ1n) is 4.84. The van der Waals surface area contributed by atoms with Crippen LogP contribution in [-0.4, -0.2) is 37.7 Å². The fraction of sp³-hybridized carbons (Fsp3) is 1.00. The SMILES string of the molecule is CCNNN1CC2CNCC2C1. The fourth-order valence-electron chi connectivity index (χ4n) is 2.14. The zero-order chi connectivity index (χ0) is 8.39. The second-order valence-corrected chi connectivity index (χ2v) is 3.73. The van der Waals surface area contributed by atoms with E-state index >= 15 is 0 Å². The third-order valence-corrected chi connectivity index (χ3v) is 2.80.